The second-order valence-corrected chi connectivity index (χ2v) is 3.07. The number of carboxylic acid groups (broad SMARTS) is 1. The van der Waals surface area contributed by atoms with Crippen LogP contribution in [0.2, 0.25) is 0 Å². The van der Waals surface area contributed by atoms with Crippen LogP contribution in [0.4, 0.5) is 0 Å². The van der Waals surface area contributed by atoms with E-state index in [0.29, 0.717) is 12.1 Å². The lowest BCUT2D eigenvalue weighted by Gasteiger charge is -2.09. The minimum Gasteiger partial charge on any atom is -0.508 e. The van der Waals surface area contributed by atoms with Crippen LogP contribution in [0.15, 0.2) is 24.3 Å². The molecule has 0 bridgehead atoms. The smallest absolute Gasteiger partial charge is 0.320 e. The van der Waals surface area contributed by atoms with Crippen molar-refractivity contribution in [1.29, 1.82) is 0 Å². The summed E-state index contributed by atoms with van der Waals surface area (Å²) in [4.78, 5) is 10.5. The zero-order valence-corrected chi connectivity index (χ0v) is 7.90. The maximum absolute atomic E-state index is 10.5. The zero-order valence-electron chi connectivity index (χ0n) is 7.90. The van der Waals surface area contributed by atoms with Crippen molar-refractivity contribution in [3.63, 3.8) is 0 Å². The van der Waals surface area contributed by atoms with Gasteiger partial charge in [0.15, 0.2) is 0 Å². The van der Waals surface area contributed by atoms with Gasteiger partial charge in [0, 0.05) is 12.1 Å². The molecule has 0 aliphatic heterocycles. The molecule has 0 heterocycles. The maximum Gasteiger partial charge on any atom is 0.320 e. The molecule has 0 unspecified atom stereocenters. The molecule has 4 heteroatoms. The highest BCUT2D eigenvalue weighted by Gasteiger charge is 2.09. The third-order valence-electron chi connectivity index (χ3n) is 1.96. The molecule has 1 atom stereocenters. The van der Waals surface area contributed by atoms with Crippen LogP contribution in [0, 0.1) is 0 Å². The number of aromatic hydroxyl groups is 1. The van der Waals surface area contributed by atoms with Crippen LogP contribution in [0.5, 0.6) is 5.75 Å². The Labute approximate surface area is 82.2 Å². The minimum atomic E-state index is -0.902. The molecule has 0 radical (unpaired) electrons. The first-order valence-electron chi connectivity index (χ1n) is 4.34. The molecule has 0 spiro atoms. The molecule has 0 saturated carbocycles. The molecule has 0 saturated heterocycles. The zero-order chi connectivity index (χ0) is 10.6. The highest BCUT2D eigenvalue weighted by molar-refractivity contribution is 5.72. The Balaban J connectivity index is 2.54. The largest absolute Gasteiger partial charge is 0.508 e. The first-order chi connectivity index (χ1) is 6.61. The van der Waals surface area contributed by atoms with Crippen molar-refractivity contribution in [3.05, 3.63) is 29.8 Å². The standard InChI is InChI=1S/C10H13NO3/c1-7(10(13)14)11-6-8-4-2-3-5-9(8)12/h2-5,7,11-12H,6H2,1H3,(H,13,14)/t7-/m1/s1. The van der Waals surface area contributed by atoms with Crippen molar-refractivity contribution in [2.45, 2.75) is 19.5 Å². The Hall–Kier alpha value is -1.55. The average Bonchev–Trinajstić information content (AvgIpc) is 2.16. The molecule has 0 aromatic heterocycles. The average molecular weight is 195 g/mol. The third kappa shape index (κ3) is 2.74. The summed E-state index contributed by atoms with van der Waals surface area (Å²) >= 11 is 0. The van der Waals surface area contributed by atoms with Crippen LogP contribution in [0.1, 0.15) is 12.5 Å². The summed E-state index contributed by atoms with van der Waals surface area (Å²) in [6.07, 6.45) is 0. The predicted molar refractivity (Wildman–Crippen MR) is 52.0 cm³/mol. The lowest BCUT2D eigenvalue weighted by atomic mass is 10.2. The fourth-order valence-electron chi connectivity index (χ4n) is 1.01. The maximum atomic E-state index is 10.5. The van der Waals surface area contributed by atoms with Crippen LogP contribution in [-0.4, -0.2) is 22.2 Å². The third-order valence-corrected chi connectivity index (χ3v) is 1.96. The van der Waals surface area contributed by atoms with Crippen LogP contribution in [-0.2, 0) is 11.3 Å². The molecule has 1 aromatic carbocycles. The molecule has 1 aromatic rings. The van der Waals surface area contributed by atoms with Gasteiger partial charge in [-0.1, -0.05) is 18.2 Å². The minimum absolute atomic E-state index is 0.178. The Bertz CT molecular complexity index is 325. The number of aliphatic carboxylic acids is 1. The molecule has 0 fully saturated rings. The number of benzene rings is 1. The van der Waals surface area contributed by atoms with Gasteiger partial charge >= 0.3 is 5.97 Å². The van der Waals surface area contributed by atoms with Gasteiger partial charge in [-0.25, -0.2) is 0 Å². The topological polar surface area (TPSA) is 69.6 Å². The number of phenolic OH excluding ortho intramolecular Hbond substituents is 1. The highest BCUT2D eigenvalue weighted by Crippen LogP contribution is 2.14. The van der Waals surface area contributed by atoms with Gasteiger partial charge in [-0.15, -0.1) is 0 Å². The second kappa shape index (κ2) is 4.62. The Kier molecular flexibility index (Phi) is 3.48. The summed E-state index contributed by atoms with van der Waals surface area (Å²) in [7, 11) is 0. The van der Waals surface area contributed by atoms with Crippen molar-refractivity contribution in [2.75, 3.05) is 0 Å². The lowest BCUT2D eigenvalue weighted by Crippen LogP contribution is -2.33. The quantitative estimate of drug-likeness (QED) is 0.669. The Morgan fingerprint density at radius 3 is 2.71 bits per heavy atom. The van der Waals surface area contributed by atoms with Gasteiger partial charge < -0.3 is 15.5 Å². The van der Waals surface area contributed by atoms with E-state index in [1.165, 1.54) is 0 Å². The molecule has 0 amide bonds. The van der Waals surface area contributed by atoms with Gasteiger partial charge in [0.05, 0.1) is 0 Å². The monoisotopic (exact) mass is 195 g/mol. The van der Waals surface area contributed by atoms with Gasteiger partial charge in [-0.2, -0.15) is 0 Å². The summed E-state index contributed by atoms with van der Waals surface area (Å²) in [6.45, 7) is 1.91. The molecule has 0 aliphatic carbocycles. The van der Waals surface area contributed by atoms with Crippen molar-refractivity contribution in [2.24, 2.45) is 0 Å². The summed E-state index contributed by atoms with van der Waals surface area (Å²) < 4.78 is 0. The normalized spacial score (nSPS) is 12.4. The van der Waals surface area contributed by atoms with Crippen molar-refractivity contribution in [3.8, 4) is 5.75 Å². The summed E-state index contributed by atoms with van der Waals surface area (Å²) in [6, 6.07) is 6.22. The van der Waals surface area contributed by atoms with Gasteiger partial charge in [-0.05, 0) is 13.0 Å². The van der Waals surface area contributed by atoms with Gasteiger partial charge in [0.1, 0.15) is 11.8 Å². The number of para-hydroxylation sites is 1. The Morgan fingerprint density at radius 2 is 2.14 bits per heavy atom. The first-order valence-corrected chi connectivity index (χ1v) is 4.34. The van der Waals surface area contributed by atoms with Gasteiger partial charge in [-0.3, -0.25) is 4.79 Å². The molecular formula is C10H13NO3. The number of hydrogen-bond donors (Lipinski definition) is 3. The second-order valence-electron chi connectivity index (χ2n) is 3.07. The molecule has 1 rings (SSSR count). The highest BCUT2D eigenvalue weighted by atomic mass is 16.4. The summed E-state index contributed by atoms with van der Waals surface area (Å²) in [5.74, 6) is -0.724. The number of nitrogens with one attached hydrogen (secondary N) is 1. The fraction of sp³-hybridized carbons (Fsp3) is 0.300. The molecule has 3 N–H and O–H groups in total. The van der Waals surface area contributed by atoms with E-state index in [9.17, 15) is 9.90 Å². The molecule has 76 valence electrons. The summed E-state index contributed by atoms with van der Waals surface area (Å²) in [5, 5.41) is 20.8. The van der Waals surface area contributed by atoms with Crippen LogP contribution in [0.25, 0.3) is 0 Å². The van der Waals surface area contributed by atoms with E-state index < -0.39 is 12.0 Å². The number of carboxylic acids is 1. The number of phenols is 1. The van der Waals surface area contributed by atoms with E-state index in [1.54, 1.807) is 31.2 Å². The van der Waals surface area contributed by atoms with Crippen molar-refractivity contribution in [1.82, 2.24) is 5.32 Å². The predicted octanol–water partition coefficient (Wildman–Crippen LogP) is 0.955. The van der Waals surface area contributed by atoms with Crippen LogP contribution < -0.4 is 5.32 Å². The molecule has 0 aliphatic rings. The van der Waals surface area contributed by atoms with E-state index in [4.69, 9.17) is 5.11 Å². The number of rotatable bonds is 4. The number of carbonyl (C=O) groups is 1. The van der Waals surface area contributed by atoms with E-state index in [-0.39, 0.29) is 5.75 Å². The van der Waals surface area contributed by atoms with Crippen molar-refractivity contribution < 1.29 is 15.0 Å². The number of hydrogen-bond acceptors (Lipinski definition) is 3. The van der Waals surface area contributed by atoms with E-state index in [1.807, 2.05) is 0 Å². The fourth-order valence-corrected chi connectivity index (χ4v) is 1.01. The lowest BCUT2D eigenvalue weighted by molar-refractivity contribution is -0.139. The van der Waals surface area contributed by atoms with Gasteiger partial charge in [0.2, 0.25) is 0 Å². The van der Waals surface area contributed by atoms with Crippen molar-refractivity contribution >= 4 is 5.97 Å². The van der Waals surface area contributed by atoms with Crippen LogP contribution >= 0.6 is 0 Å². The van der Waals surface area contributed by atoms with E-state index >= 15 is 0 Å². The molecular weight excluding hydrogens is 182 g/mol. The molecule has 4 nitrogen and oxygen atoms in total. The molecule has 14 heavy (non-hydrogen) atoms. The van der Waals surface area contributed by atoms with Crippen LogP contribution in [0.3, 0.4) is 0 Å². The summed E-state index contributed by atoms with van der Waals surface area (Å²) in [5.41, 5.74) is 0.695. The Morgan fingerprint density at radius 1 is 1.50 bits per heavy atom. The van der Waals surface area contributed by atoms with Gasteiger partial charge in [0.25, 0.3) is 0 Å². The van der Waals surface area contributed by atoms with E-state index in [0.717, 1.165) is 0 Å². The van der Waals surface area contributed by atoms with E-state index in [2.05, 4.69) is 5.32 Å². The first kappa shape index (κ1) is 10.5. The SMILES string of the molecule is C[C@@H](NCc1ccccc1O)C(=O)O.